The molecule has 0 saturated heterocycles. The molecule has 2 N–H and O–H groups in total. The lowest BCUT2D eigenvalue weighted by atomic mass is 10.1. The van der Waals surface area contributed by atoms with E-state index < -0.39 is 11.8 Å². The third-order valence-electron chi connectivity index (χ3n) is 4.52. The Hall–Kier alpha value is -4.60. The molecule has 4 aromatic rings. The molecule has 0 aliphatic heterocycles. The van der Waals surface area contributed by atoms with Crippen LogP contribution >= 0.6 is 0 Å². The van der Waals surface area contributed by atoms with Crippen LogP contribution in [0.2, 0.25) is 0 Å². The average Bonchev–Trinajstić information content (AvgIpc) is 3.31. The van der Waals surface area contributed by atoms with Gasteiger partial charge in [0.25, 0.3) is 11.8 Å². The van der Waals surface area contributed by atoms with Crippen LogP contribution in [0.15, 0.2) is 72.9 Å². The Morgan fingerprint density at radius 2 is 1.69 bits per heavy atom. The van der Waals surface area contributed by atoms with Gasteiger partial charge < -0.3 is 4.74 Å². The molecule has 0 aliphatic carbocycles. The van der Waals surface area contributed by atoms with Crippen LogP contribution in [0.3, 0.4) is 0 Å². The van der Waals surface area contributed by atoms with E-state index in [2.05, 4.69) is 31.2 Å². The number of hydrazine groups is 1. The van der Waals surface area contributed by atoms with Gasteiger partial charge in [-0.2, -0.15) is 4.80 Å². The lowest BCUT2D eigenvalue weighted by Gasteiger charge is -2.09. The Kier molecular flexibility index (Phi) is 6.12. The molecule has 0 atom stereocenters. The van der Waals surface area contributed by atoms with E-state index in [-0.39, 0.29) is 11.4 Å². The summed E-state index contributed by atoms with van der Waals surface area (Å²) < 4.78 is 5.05. The zero-order valence-corrected chi connectivity index (χ0v) is 17.1. The van der Waals surface area contributed by atoms with E-state index in [0.29, 0.717) is 17.9 Å². The number of hydrogen-bond acceptors (Lipinski definition) is 7. The summed E-state index contributed by atoms with van der Waals surface area (Å²) in [4.78, 5) is 30.0. The Labute approximate surface area is 183 Å². The number of nitrogens with zero attached hydrogens (tertiary/aromatic N) is 5. The highest BCUT2D eigenvalue weighted by atomic mass is 16.5. The van der Waals surface area contributed by atoms with Crippen LogP contribution < -0.4 is 15.6 Å². The first kappa shape index (κ1) is 20.7. The van der Waals surface area contributed by atoms with Crippen molar-refractivity contribution < 1.29 is 14.3 Å². The van der Waals surface area contributed by atoms with E-state index in [0.717, 1.165) is 11.1 Å². The maximum atomic E-state index is 12.4. The molecule has 32 heavy (non-hydrogen) atoms. The van der Waals surface area contributed by atoms with Crippen molar-refractivity contribution in [3.63, 3.8) is 0 Å². The molecule has 0 saturated carbocycles. The lowest BCUT2D eigenvalue weighted by molar-refractivity contribution is 0.0844. The van der Waals surface area contributed by atoms with Crippen molar-refractivity contribution in [2.75, 3.05) is 7.11 Å². The minimum Gasteiger partial charge on any atom is -0.480 e. The number of aromatic nitrogens is 5. The van der Waals surface area contributed by atoms with Crippen molar-refractivity contribution >= 4 is 11.8 Å². The molecule has 10 nitrogen and oxygen atoms in total. The molecule has 2 amide bonds. The number of amides is 2. The zero-order valence-electron chi connectivity index (χ0n) is 17.1. The molecule has 0 fully saturated rings. The van der Waals surface area contributed by atoms with Gasteiger partial charge in [-0.15, -0.1) is 10.2 Å². The van der Waals surface area contributed by atoms with Crippen LogP contribution in [-0.4, -0.2) is 44.1 Å². The molecule has 160 valence electrons. The minimum atomic E-state index is -0.536. The maximum absolute atomic E-state index is 12.4. The molecule has 0 unspecified atom stereocenters. The first-order valence-corrected chi connectivity index (χ1v) is 9.66. The van der Waals surface area contributed by atoms with E-state index >= 15 is 0 Å². The predicted molar refractivity (Wildman–Crippen MR) is 115 cm³/mol. The van der Waals surface area contributed by atoms with Crippen LogP contribution in [-0.2, 0) is 6.54 Å². The number of pyridine rings is 1. The summed E-state index contributed by atoms with van der Waals surface area (Å²) in [6.45, 7) is 0.402. The summed E-state index contributed by atoms with van der Waals surface area (Å²) in [7, 11) is 1.41. The molecular weight excluding hydrogens is 410 g/mol. The van der Waals surface area contributed by atoms with Gasteiger partial charge in [0.05, 0.1) is 13.7 Å². The second-order valence-electron chi connectivity index (χ2n) is 6.67. The van der Waals surface area contributed by atoms with Gasteiger partial charge in [-0.25, -0.2) is 4.98 Å². The van der Waals surface area contributed by atoms with Gasteiger partial charge in [0.2, 0.25) is 11.7 Å². The fourth-order valence-corrected chi connectivity index (χ4v) is 2.92. The Morgan fingerprint density at radius 3 is 2.44 bits per heavy atom. The SMILES string of the molecule is COc1ncccc1C(=O)NNC(=O)c1ccc(Cn2nnc(-c3ccccc3)n2)cc1. The molecule has 0 spiro atoms. The summed E-state index contributed by atoms with van der Waals surface area (Å²) in [5.74, 6) is -0.285. The summed E-state index contributed by atoms with van der Waals surface area (Å²) in [6.07, 6.45) is 1.51. The van der Waals surface area contributed by atoms with Crippen molar-refractivity contribution in [1.29, 1.82) is 0 Å². The van der Waals surface area contributed by atoms with Crippen molar-refractivity contribution in [1.82, 2.24) is 36.0 Å². The van der Waals surface area contributed by atoms with Gasteiger partial charge in [-0.05, 0) is 35.0 Å². The molecular formula is C22H19N7O3. The number of tetrazole rings is 1. The highest BCUT2D eigenvalue weighted by Crippen LogP contribution is 2.14. The largest absolute Gasteiger partial charge is 0.480 e. The number of methoxy groups -OCH3 is 1. The number of rotatable bonds is 6. The Bertz CT molecular complexity index is 1220. The van der Waals surface area contributed by atoms with Crippen molar-refractivity contribution in [2.45, 2.75) is 6.54 Å². The number of carbonyl (C=O) groups excluding carboxylic acids is 2. The summed E-state index contributed by atoms with van der Waals surface area (Å²) >= 11 is 0. The Balaban J connectivity index is 1.35. The third-order valence-corrected chi connectivity index (χ3v) is 4.52. The molecule has 2 heterocycles. The number of carbonyl (C=O) groups is 2. The van der Waals surface area contributed by atoms with Crippen LogP contribution in [0.4, 0.5) is 0 Å². The predicted octanol–water partition coefficient (Wildman–Crippen LogP) is 1.87. The number of ether oxygens (including phenoxy) is 1. The van der Waals surface area contributed by atoms with Crippen LogP contribution in [0.25, 0.3) is 11.4 Å². The number of benzene rings is 2. The van der Waals surface area contributed by atoms with Gasteiger partial charge in [0.15, 0.2) is 0 Å². The molecule has 0 bridgehead atoms. The van der Waals surface area contributed by atoms with E-state index in [4.69, 9.17) is 4.74 Å². The van der Waals surface area contributed by atoms with Crippen molar-refractivity contribution in [2.24, 2.45) is 0 Å². The van der Waals surface area contributed by atoms with Gasteiger partial charge in [-0.3, -0.25) is 20.4 Å². The molecule has 0 radical (unpaired) electrons. The monoisotopic (exact) mass is 429 g/mol. The quantitative estimate of drug-likeness (QED) is 0.448. The fraction of sp³-hybridized carbons (Fsp3) is 0.0909. The van der Waals surface area contributed by atoms with Crippen LogP contribution in [0.1, 0.15) is 26.3 Å². The lowest BCUT2D eigenvalue weighted by Crippen LogP contribution is -2.41. The highest BCUT2D eigenvalue weighted by molar-refractivity contribution is 6.00. The normalized spacial score (nSPS) is 10.4. The maximum Gasteiger partial charge on any atom is 0.275 e. The van der Waals surface area contributed by atoms with Crippen LogP contribution in [0.5, 0.6) is 5.88 Å². The van der Waals surface area contributed by atoms with Gasteiger partial charge in [-0.1, -0.05) is 42.5 Å². The highest BCUT2D eigenvalue weighted by Gasteiger charge is 2.14. The second kappa shape index (κ2) is 9.47. The molecule has 0 aliphatic rings. The van der Waals surface area contributed by atoms with Crippen molar-refractivity contribution in [3.05, 3.63) is 89.6 Å². The summed E-state index contributed by atoms with van der Waals surface area (Å²) in [5.41, 5.74) is 7.10. The van der Waals surface area contributed by atoms with E-state index in [1.54, 1.807) is 36.4 Å². The molecule has 10 heteroatoms. The topological polar surface area (TPSA) is 124 Å². The first-order valence-electron chi connectivity index (χ1n) is 9.66. The average molecular weight is 429 g/mol. The van der Waals surface area contributed by atoms with Gasteiger partial charge in [0.1, 0.15) is 5.56 Å². The summed E-state index contributed by atoms with van der Waals surface area (Å²) in [6, 6.07) is 19.6. The smallest absolute Gasteiger partial charge is 0.275 e. The molecule has 2 aromatic heterocycles. The third kappa shape index (κ3) is 4.75. The molecule has 4 rings (SSSR count). The van der Waals surface area contributed by atoms with E-state index in [1.165, 1.54) is 18.1 Å². The summed E-state index contributed by atoms with van der Waals surface area (Å²) in [5, 5.41) is 12.5. The number of nitrogens with one attached hydrogen (secondary N) is 2. The van der Waals surface area contributed by atoms with E-state index in [9.17, 15) is 9.59 Å². The number of hydrogen-bond donors (Lipinski definition) is 2. The zero-order chi connectivity index (χ0) is 22.3. The second-order valence-corrected chi connectivity index (χ2v) is 6.67. The van der Waals surface area contributed by atoms with Gasteiger partial charge in [0, 0.05) is 17.3 Å². The minimum absolute atomic E-state index is 0.167. The Morgan fingerprint density at radius 1 is 0.938 bits per heavy atom. The first-order chi connectivity index (χ1) is 15.6. The van der Waals surface area contributed by atoms with Crippen LogP contribution in [0, 0.1) is 0 Å². The standard InChI is InChI=1S/C22H19N7O3/c1-32-22-18(8-5-13-23-22)21(31)26-25-20(30)17-11-9-15(10-12-17)14-29-27-19(24-28-29)16-6-3-2-4-7-16/h2-13H,14H2,1H3,(H,25,30)(H,26,31). The van der Waals surface area contributed by atoms with Crippen molar-refractivity contribution in [3.8, 4) is 17.3 Å². The van der Waals surface area contributed by atoms with Gasteiger partial charge >= 0.3 is 0 Å². The fourth-order valence-electron chi connectivity index (χ4n) is 2.92. The molecule has 2 aromatic carbocycles. The van der Waals surface area contributed by atoms with E-state index in [1.807, 2.05) is 30.3 Å².